The highest BCUT2D eigenvalue weighted by Gasteiger charge is 2.14. The zero-order valence-electron chi connectivity index (χ0n) is 9.51. The standard InChI is InChI=1S/C12H13NO4/c1-3-5-9-6-10(12(14)17-4-2)8-11(7-9)13(15)16/h3,6-8H,1,4-5H2,2H3. The molecule has 0 aromatic heterocycles. The largest absolute Gasteiger partial charge is 0.462 e. The molecule has 90 valence electrons. The van der Waals surface area contributed by atoms with Crippen LogP contribution < -0.4 is 0 Å². The molecule has 0 saturated heterocycles. The Kier molecular flexibility index (Phi) is 4.39. The number of benzene rings is 1. The molecule has 0 spiro atoms. The molecule has 0 heterocycles. The summed E-state index contributed by atoms with van der Waals surface area (Å²) in [6.45, 7) is 5.47. The van der Waals surface area contributed by atoms with Crippen LogP contribution in [0.2, 0.25) is 0 Å². The number of allylic oxidation sites excluding steroid dienone is 1. The van der Waals surface area contributed by atoms with Crippen LogP contribution in [0, 0.1) is 10.1 Å². The highest BCUT2D eigenvalue weighted by Crippen LogP contribution is 2.18. The van der Waals surface area contributed by atoms with E-state index in [0.29, 0.717) is 12.0 Å². The van der Waals surface area contributed by atoms with Gasteiger partial charge in [0.2, 0.25) is 0 Å². The SMILES string of the molecule is C=CCc1cc(C(=O)OCC)cc([N+](=O)[O-])c1. The topological polar surface area (TPSA) is 69.4 Å². The molecule has 0 radical (unpaired) electrons. The van der Waals surface area contributed by atoms with Crippen LogP contribution >= 0.6 is 0 Å². The maximum absolute atomic E-state index is 11.5. The normalized spacial score (nSPS) is 9.71. The first kappa shape index (κ1) is 12.9. The summed E-state index contributed by atoms with van der Waals surface area (Å²) >= 11 is 0. The molecule has 1 aromatic rings. The molecule has 0 bridgehead atoms. The van der Waals surface area contributed by atoms with Gasteiger partial charge in [-0.3, -0.25) is 10.1 Å². The lowest BCUT2D eigenvalue weighted by molar-refractivity contribution is -0.384. The van der Waals surface area contributed by atoms with Gasteiger partial charge >= 0.3 is 5.97 Å². The van der Waals surface area contributed by atoms with Gasteiger partial charge in [-0.2, -0.15) is 0 Å². The van der Waals surface area contributed by atoms with E-state index in [1.807, 2.05) is 0 Å². The van der Waals surface area contributed by atoms with Crippen molar-refractivity contribution in [3.8, 4) is 0 Å². The molecule has 0 N–H and O–H groups in total. The lowest BCUT2D eigenvalue weighted by atomic mass is 10.1. The van der Waals surface area contributed by atoms with Crippen LogP contribution in [0.15, 0.2) is 30.9 Å². The molecule has 5 heteroatoms. The van der Waals surface area contributed by atoms with Crippen molar-refractivity contribution in [1.29, 1.82) is 0 Å². The molecular weight excluding hydrogens is 222 g/mol. The summed E-state index contributed by atoms with van der Waals surface area (Å²) in [5.41, 5.74) is 0.738. The average Bonchev–Trinajstić information content (AvgIpc) is 2.29. The maximum atomic E-state index is 11.5. The van der Waals surface area contributed by atoms with E-state index in [1.54, 1.807) is 19.1 Å². The zero-order chi connectivity index (χ0) is 12.8. The van der Waals surface area contributed by atoms with E-state index in [1.165, 1.54) is 12.1 Å². The minimum Gasteiger partial charge on any atom is -0.462 e. The Balaban J connectivity index is 3.15. The van der Waals surface area contributed by atoms with Gasteiger partial charge in [-0.1, -0.05) is 6.08 Å². The van der Waals surface area contributed by atoms with Gasteiger partial charge < -0.3 is 4.74 Å². The van der Waals surface area contributed by atoms with Crippen LogP contribution in [0.25, 0.3) is 0 Å². The molecular formula is C12H13NO4. The van der Waals surface area contributed by atoms with E-state index in [0.717, 1.165) is 0 Å². The summed E-state index contributed by atoms with van der Waals surface area (Å²) in [6, 6.07) is 4.21. The second-order valence-electron chi connectivity index (χ2n) is 3.36. The number of nitro groups is 1. The van der Waals surface area contributed by atoms with Crippen LogP contribution in [0.4, 0.5) is 5.69 Å². The average molecular weight is 235 g/mol. The first-order chi connectivity index (χ1) is 8.08. The number of hydrogen-bond donors (Lipinski definition) is 0. The smallest absolute Gasteiger partial charge is 0.338 e. The third-order valence-corrected chi connectivity index (χ3v) is 2.08. The number of ether oxygens (including phenoxy) is 1. The molecule has 1 rings (SSSR count). The second kappa shape index (κ2) is 5.79. The van der Waals surface area contributed by atoms with E-state index < -0.39 is 10.9 Å². The molecule has 5 nitrogen and oxygen atoms in total. The Hall–Kier alpha value is -2.17. The predicted octanol–water partition coefficient (Wildman–Crippen LogP) is 2.50. The van der Waals surface area contributed by atoms with Crippen molar-refractivity contribution < 1.29 is 14.5 Å². The zero-order valence-corrected chi connectivity index (χ0v) is 9.51. The summed E-state index contributed by atoms with van der Waals surface area (Å²) in [5.74, 6) is -0.554. The molecule has 0 aliphatic rings. The van der Waals surface area contributed by atoms with Gasteiger partial charge in [0.05, 0.1) is 17.1 Å². The predicted molar refractivity (Wildman–Crippen MR) is 63.0 cm³/mol. The van der Waals surface area contributed by atoms with E-state index in [-0.39, 0.29) is 17.9 Å². The van der Waals surface area contributed by atoms with Crippen molar-refractivity contribution in [2.75, 3.05) is 6.61 Å². The molecule has 0 fully saturated rings. The fourth-order valence-electron chi connectivity index (χ4n) is 1.40. The van der Waals surface area contributed by atoms with Crippen molar-refractivity contribution in [1.82, 2.24) is 0 Å². The summed E-state index contributed by atoms with van der Waals surface area (Å²) in [6.07, 6.45) is 2.09. The summed E-state index contributed by atoms with van der Waals surface area (Å²) < 4.78 is 4.81. The Labute approximate surface area is 98.9 Å². The number of hydrogen-bond acceptors (Lipinski definition) is 4. The van der Waals surface area contributed by atoms with Gasteiger partial charge in [0.1, 0.15) is 0 Å². The Bertz CT molecular complexity index is 454. The summed E-state index contributed by atoms with van der Waals surface area (Å²) in [5, 5.41) is 10.7. The van der Waals surface area contributed by atoms with Crippen molar-refractivity contribution in [2.24, 2.45) is 0 Å². The quantitative estimate of drug-likeness (QED) is 0.340. The Morgan fingerprint density at radius 2 is 2.24 bits per heavy atom. The lowest BCUT2D eigenvalue weighted by Crippen LogP contribution is -2.06. The van der Waals surface area contributed by atoms with Crippen LogP contribution in [0.3, 0.4) is 0 Å². The van der Waals surface area contributed by atoms with Crippen LogP contribution in [0.1, 0.15) is 22.8 Å². The van der Waals surface area contributed by atoms with Gasteiger partial charge in [0, 0.05) is 12.1 Å². The van der Waals surface area contributed by atoms with E-state index in [9.17, 15) is 14.9 Å². The molecule has 0 aliphatic carbocycles. The molecule has 0 atom stereocenters. The molecule has 0 aliphatic heterocycles. The molecule has 1 aromatic carbocycles. The highest BCUT2D eigenvalue weighted by atomic mass is 16.6. The van der Waals surface area contributed by atoms with Crippen molar-refractivity contribution in [2.45, 2.75) is 13.3 Å². The van der Waals surface area contributed by atoms with Crippen LogP contribution in [0.5, 0.6) is 0 Å². The number of carbonyl (C=O) groups excluding carboxylic acids is 1. The second-order valence-corrected chi connectivity index (χ2v) is 3.36. The minimum absolute atomic E-state index is 0.118. The first-order valence-corrected chi connectivity index (χ1v) is 5.14. The van der Waals surface area contributed by atoms with Crippen molar-refractivity contribution in [3.05, 3.63) is 52.1 Å². The molecule has 0 saturated carbocycles. The van der Waals surface area contributed by atoms with Gasteiger partial charge in [-0.05, 0) is 25.0 Å². The Morgan fingerprint density at radius 1 is 1.53 bits per heavy atom. The highest BCUT2D eigenvalue weighted by molar-refractivity contribution is 5.90. The summed E-state index contributed by atoms with van der Waals surface area (Å²) in [4.78, 5) is 21.7. The van der Waals surface area contributed by atoms with E-state index >= 15 is 0 Å². The number of non-ortho nitro benzene ring substituents is 1. The number of rotatable bonds is 5. The fraction of sp³-hybridized carbons (Fsp3) is 0.250. The number of carbonyl (C=O) groups is 1. The molecule has 0 unspecified atom stereocenters. The third-order valence-electron chi connectivity index (χ3n) is 2.08. The van der Waals surface area contributed by atoms with Gasteiger partial charge in [0.25, 0.3) is 5.69 Å². The van der Waals surface area contributed by atoms with E-state index in [4.69, 9.17) is 4.74 Å². The molecule has 17 heavy (non-hydrogen) atoms. The minimum atomic E-state index is -0.554. The van der Waals surface area contributed by atoms with Crippen molar-refractivity contribution >= 4 is 11.7 Å². The lowest BCUT2D eigenvalue weighted by Gasteiger charge is -2.04. The van der Waals surface area contributed by atoms with E-state index in [2.05, 4.69) is 6.58 Å². The number of nitrogens with zero attached hydrogens (tertiary/aromatic N) is 1. The van der Waals surface area contributed by atoms with Gasteiger partial charge in [-0.25, -0.2) is 4.79 Å². The fourth-order valence-corrected chi connectivity index (χ4v) is 1.40. The maximum Gasteiger partial charge on any atom is 0.338 e. The van der Waals surface area contributed by atoms with Gasteiger partial charge in [-0.15, -0.1) is 6.58 Å². The molecule has 0 amide bonds. The van der Waals surface area contributed by atoms with Gasteiger partial charge in [0.15, 0.2) is 0 Å². The first-order valence-electron chi connectivity index (χ1n) is 5.14. The monoisotopic (exact) mass is 235 g/mol. The Morgan fingerprint density at radius 3 is 2.76 bits per heavy atom. The van der Waals surface area contributed by atoms with Crippen LogP contribution in [-0.2, 0) is 11.2 Å². The summed E-state index contributed by atoms with van der Waals surface area (Å²) in [7, 11) is 0. The van der Waals surface area contributed by atoms with Crippen molar-refractivity contribution in [3.63, 3.8) is 0 Å². The number of esters is 1. The third kappa shape index (κ3) is 3.41. The van der Waals surface area contributed by atoms with Crippen LogP contribution in [-0.4, -0.2) is 17.5 Å². The number of nitro benzene ring substituents is 1.